The highest BCUT2D eigenvalue weighted by atomic mass is 16.5. The van der Waals surface area contributed by atoms with Crippen LogP contribution in [0.15, 0.2) is 35.3 Å². The van der Waals surface area contributed by atoms with E-state index in [0.29, 0.717) is 22.3 Å². The number of carbonyl (C=O) groups excluding carboxylic acids is 3. The molecule has 8 heteroatoms. The van der Waals surface area contributed by atoms with Crippen molar-refractivity contribution in [2.75, 3.05) is 20.3 Å². The minimum atomic E-state index is -0.797. The zero-order valence-electron chi connectivity index (χ0n) is 13.9. The zero-order chi connectivity index (χ0) is 18.4. The van der Waals surface area contributed by atoms with Crippen LogP contribution in [-0.4, -0.2) is 38.2 Å². The molecule has 0 aliphatic carbocycles. The van der Waals surface area contributed by atoms with Gasteiger partial charge in [-0.2, -0.15) is 0 Å². The second-order valence-electron chi connectivity index (χ2n) is 5.04. The molecular weight excluding hydrogens is 328 g/mol. The molecule has 25 heavy (non-hydrogen) atoms. The number of furan rings is 1. The molecule has 0 spiro atoms. The van der Waals surface area contributed by atoms with Gasteiger partial charge in [0.15, 0.2) is 6.61 Å². The van der Waals surface area contributed by atoms with Crippen LogP contribution >= 0.6 is 0 Å². The van der Waals surface area contributed by atoms with Gasteiger partial charge in [0.05, 0.1) is 7.11 Å². The molecule has 132 valence electrons. The predicted molar refractivity (Wildman–Crippen MR) is 89.5 cm³/mol. The summed E-state index contributed by atoms with van der Waals surface area (Å²) in [5.41, 5.74) is 1.07. The summed E-state index contributed by atoms with van der Waals surface area (Å²) in [6.07, 6.45) is 1.46. The number of methoxy groups -OCH3 is 1. The average molecular weight is 346 g/mol. The monoisotopic (exact) mass is 346 g/mol. The van der Waals surface area contributed by atoms with Crippen molar-refractivity contribution >= 4 is 28.9 Å². The van der Waals surface area contributed by atoms with Crippen LogP contribution in [0.1, 0.15) is 16.1 Å². The molecule has 0 bridgehead atoms. The third kappa shape index (κ3) is 4.37. The van der Waals surface area contributed by atoms with Crippen molar-refractivity contribution in [1.29, 1.82) is 0 Å². The van der Waals surface area contributed by atoms with Crippen LogP contribution in [0.4, 0.5) is 4.79 Å². The Labute approximate surface area is 143 Å². The van der Waals surface area contributed by atoms with Crippen molar-refractivity contribution in [3.05, 3.63) is 42.2 Å². The summed E-state index contributed by atoms with van der Waals surface area (Å²) in [5, 5.41) is 5.09. The molecule has 0 aliphatic rings. The summed E-state index contributed by atoms with van der Waals surface area (Å²) in [5.74, 6) is -0.937. The molecule has 1 aromatic heterocycles. The van der Waals surface area contributed by atoms with Crippen LogP contribution in [0.3, 0.4) is 0 Å². The molecule has 0 unspecified atom stereocenters. The first-order chi connectivity index (χ1) is 12.0. The molecule has 0 radical (unpaired) electrons. The van der Waals surface area contributed by atoms with Crippen molar-refractivity contribution in [3.8, 4) is 5.75 Å². The number of nitrogens with one attached hydrogen (secondary N) is 2. The van der Waals surface area contributed by atoms with Crippen LogP contribution in [0, 0.1) is 6.92 Å². The van der Waals surface area contributed by atoms with Gasteiger partial charge in [-0.3, -0.25) is 10.1 Å². The molecule has 1 aromatic carbocycles. The van der Waals surface area contributed by atoms with E-state index in [1.807, 2.05) is 5.32 Å². The Bertz CT molecular complexity index is 824. The molecule has 0 atom stereocenters. The first-order valence-corrected chi connectivity index (χ1v) is 7.39. The third-order valence-corrected chi connectivity index (χ3v) is 3.32. The van der Waals surface area contributed by atoms with Crippen molar-refractivity contribution in [3.63, 3.8) is 0 Å². The van der Waals surface area contributed by atoms with E-state index in [0.717, 1.165) is 0 Å². The summed E-state index contributed by atoms with van der Waals surface area (Å²) in [6, 6.07) is 4.42. The van der Waals surface area contributed by atoms with E-state index in [4.69, 9.17) is 13.9 Å². The van der Waals surface area contributed by atoms with Gasteiger partial charge in [-0.05, 0) is 25.1 Å². The zero-order valence-corrected chi connectivity index (χ0v) is 13.9. The Morgan fingerprint density at radius 3 is 2.76 bits per heavy atom. The average Bonchev–Trinajstić information content (AvgIpc) is 2.94. The van der Waals surface area contributed by atoms with Crippen molar-refractivity contribution in [1.82, 2.24) is 10.6 Å². The Morgan fingerprint density at radius 1 is 1.32 bits per heavy atom. The summed E-state index contributed by atoms with van der Waals surface area (Å²) in [4.78, 5) is 35.0. The number of ether oxygens (including phenoxy) is 2. The highest BCUT2D eigenvalue weighted by molar-refractivity contribution is 5.99. The Balaban J connectivity index is 2.00. The number of esters is 1. The maximum absolute atomic E-state index is 12.1. The number of amides is 3. The van der Waals surface area contributed by atoms with E-state index in [1.165, 1.54) is 13.2 Å². The molecule has 0 saturated heterocycles. The Morgan fingerprint density at radius 2 is 2.08 bits per heavy atom. The summed E-state index contributed by atoms with van der Waals surface area (Å²) < 4.78 is 15.5. The van der Waals surface area contributed by atoms with Crippen LogP contribution in [0.2, 0.25) is 0 Å². The number of benzene rings is 1. The van der Waals surface area contributed by atoms with Gasteiger partial charge in [0.1, 0.15) is 11.3 Å². The first-order valence-electron chi connectivity index (χ1n) is 7.39. The van der Waals surface area contributed by atoms with Crippen molar-refractivity contribution in [2.24, 2.45) is 0 Å². The number of rotatable bonds is 6. The SMILES string of the molecule is C=CCNC(=O)NC(=O)COC(=O)c1oc2ccc(OC)cc2c1C. The molecule has 8 nitrogen and oxygen atoms in total. The first kappa shape index (κ1) is 18.1. The lowest BCUT2D eigenvalue weighted by molar-refractivity contribution is -0.123. The molecule has 0 fully saturated rings. The smallest absolute Gasteiger partial charge is 0.375 e. The van der Waals surface area contributed by atoms with Crippen LogP contribution in [0.25, 0.3) is 11.0 Å². The van der Waals surface area contributed by atoms with Gasteiger partial charge in [-0.25, -0.2) is 9.59 Å². The van der Waals surface area contributed by atoms with Gasteiger partial charge >= 0.3 is 12.0 Å². The summed E-state index contributed by atoms with van der Waals surface area (Å²) in [6.45, 7) is 4.72. The largest absolute Gasteiger partial charge is 0.497 e. The molecule has 2 N–H and O–H groups in total. The van der Waals surface area contributed by atoms with E-state index in [-0.39, 0.29) is 12.3 Å². The van der Waals surface area contributed by atoms with Crippen molar-refractivity contribution in [2.45, 2.75) is 6.92 Å². The second-order valence-corrected chi connectivity index (χ2v) is 5.04. The Hall–Kier alpha value is -3.29. The number of imide groups is 1. The number of hydrogen-bond donors (Lipinski definition) is 2. The van der Waals surface area contributed by atoms with E-state index in [2.05, 4.69) is 11.9 Å². The lowest BCUT2D eigenvalue weighted by Crippen LogP contribution is -2.41. The standard InChI is InChI=1S/C17H18N2O6/c1-4-7-18-17(22)19-14(20)9-24-16(21)15-10(2)12-8-11(23-3)5-6-13(12)25-15/h4-6,8H,1,7,9H2,2-3H3,(H2,18,19,20,22). The van der Waals surface area contributed by atoms with Crippen LogP contribution in [-0.2, 0) is 9.53 Å². The number of urea groups is 1. The fourth-order valence-corrected chi connectivity index (χ4v) is 2.09. The number of hydrogen-bond acceptors (Lipinski definition) is 6. The highest BCUT2D eigenvalue weighted by Gasteiger charge is 2.20. The van der Waals surface area contributed by atoms with E-state index < -0.39 is 24.5 Å². The fourth-order valence-electron chi connectivity index (χ4n) is 2.09. The van der Waals surface area contributed by atoms with E-state index in [1.54, 1.807) is 25.1 Å². The topological polar surface area (TPSA) is 107 Å². The van der Waals surface area contributed by atoms with Gasteiger partial charge in [-0.1, -0.05) is 6.08 Å². The minimum Gasteiger partial charge on any atom is -0.497 e. The molecular formula is C17H18N2O6. The lowest BCUT2D eigenvalue weighted by atomic mass is 10.1. The summed E-state index contributed by atoms with van der Waals surface area (Å²) in [7, 11) is 1.54. The predicted octanol–water partition coefficient (Wildman–Crippen LogP) is 1.92. The molecule has 1 heterocycles. The van der Waals surface area contributed by atoms with Crippen LogP contribution in [0.5, 0.6) is 5.75 Å². The van der Waals surface area contributed by atoms with Gasteiger partial charge in [-0.15, -0.1) is 6.58 Å². The van der Waals surface area contributed by atoms with Crippen molar-refractivity contribution < 1.29 is 28.3 Å². The molecule has 2 rings (SSSR count). The van der Waals surface area contributed by atoms with E-state index in [9.17, 15) is 14.4 Å². The normalized spacial score (nSPS) is 10.2. The molecule has 3 amide bonds. The summed E-state index contributed by atoms with van der Waals surface area (Å²) >= 11 is 0. The maximum Gasteiger partial charge on any atom is 0.375 e. The van der Waals surface area contributed by atoms with Crippen LogP contribution < -0.4 is 15.4 Å². The minimum absolute atomic E-state index is 0.00726. The van der Waals surface area contributed by atoms with E-state index >= 15 is 0 Å². The number of aryl methyl sites for hydroxylation is 1. The van der Waals surface area contributed by atoms with Gasteiger partial charge in [0.2, 0.25) is 5.76 Å². The fraction of sp³-hybridized carbons (Fsp3) is 0.235. The highest BCUT2D eigenvalue weighted by Crippen LogP contribution is 2.29. The molecule has 2 aromatic rings. The second kappa shape index (κ2) is 8.00. The number of carbonyl (C=O) groups is 3. The van der Waals surface area contributed by atoms with Gasteiger partial charge in [0.25, 0.3) is 5.91 Å². The van der Waals surface area contributed by atoms with Gasteiger partial charge < -0.3 is 19.2 Å². The molecule has 0 aliphatic heterocycles. The third-order valence-electron chi connectivity index (χ3n) is 3.32. The quantitative estimate of drug-likeness (QED) is 0.611. The maximum atomic E-state index is 12.1. The Kier molecular flexibility index (Phi) is 5.78. The van der Waals surface area contributed by atoms with Gasteiger partial charge in [0, 0.05) is 17.5 Å². The molecule has 0 saturated carbocycles. The number of fused-ring (bicyclic) bond motifs is 1. The lowest BCUT2D eigenvalue weighted by Gasteiger charge is -2.05.